The van der Waals surface area contributed by atoms with Crippen LogP contribution in [0.1, 0.15) is 24.9 Å². The zero-order chi connectivity index (χ0) is 11.3. The van der Waals surface area contributed by atoms with E-state index in [9.17, 15) is 8.78 Å². The average molecular weight is 209 g/mol. The minimum atomic E-state index is -0.608. The second-order valence-electron chi connectivity index (χ2n) is 3.26. The number of terminal acetylenes is 1. The molecule has 1 rings (SSSR count). The van der Waals surface area contributed by atoms with Crippen LogP contribution < -0.4 is 5.32 Å². The Kier molecular flexibility index (Phi) is 4.26. The monoisotopic (exact) mass is 209 g/mol. The fourth-order valence-electron chi connectivity index (χ4n) is 1.30. The van der Waals surface area contributed by atoms with Gasteiger partial charge in [-0.15, -0.1) is 6.42 Å². The third-order valence-electron chi connectivity index (χ3n) is 1.98. The Labute approximate surface area is 88.5 Å². The van der Waals surface area contributed by atoms with E-state index in [0.717, 1.165) is 12.5 Å². The van der Waals surface area contributed by atoms with E-state index >= 15 is 0 Å². The first-order valence-corrected chi connectivity index (χ1v) is 4.83. The second kappa shape index (κ2) is 5.47. The van der Waals surface area contributed by atoms with Gasteiger partial charge in [0.15, 0.2) is 0 Å². The molecule has 0 bridgehead atoms. The Morgan fingerprint density at radius 2 is 1.93 bits per heavy atom. The molecule has 1 aromatic carbocycles. The van der Waals surface area contributed by atoms with Crippen LogP contribution in [0.3, 0.4) is 0 Å². The van der Waals surface area contributed by atoms with Crippen molar-refractivity contribution < 1.29 is 8.78 Å². The summed E-state index contributed by atoms with van der Waals surface area (Å²) in [5.74, 6) is 1.25. The minimum Gasteiger partial charge on any atom is -0.300 e. The van der Waals surface area contributed by atoms with Gasteiger partial charge in [0.2, 0.25) is 0 Å². The Morgan fingerprint density at radius 1 is 1.33 bits per heavy atom. The molecule has 0 fully saturated rings. The highest BCUT2D eigenvalue weighted by atomic mass is 19.1. The van der Waals surface area contributed by atoms with Crippen LogP contribution >= 0.6 is 0 Å². The molecular weight excluding hydrogens is 196 g/mol. The molecule has 0 heterocycles. The van der Waals surface area contributed by atoms with Crippen LogP contribution in [0.2, 0.25) is 0 Å². The number of hydrogen-bond donors (Lipinski definition) is 1. The summed E-state index contributed by atoms with van der Waals surface area (Å²) in [4.78, 5) is 0. The van der Waals surface area contributed by atoms with Gasteiger partial charge < -0.3 is 5.32 Å². The van der Waals surface area contributed by atoms with Gasteiger partial charge in [0.1, 0.15) is 11.6 Å². The number of benzene rings is 1. The third kappa shape index (κ3) is 3.34. The lowest BCUT2D eigenvalue weighted by Crippen LogP contribution is -2.20. The minimum absolute atomic E-state index is 0.435. The van der Waals surface area contributed by atoms with Crippen molar-refractivity contribution in [2.45, 2.75) is 19.4 Å². The van der Waals surface area contributed by atoms with E-state index in [1.165, 1.54) is 12.1 Å². The molecule has 0 aliphatic heterocycles. The first kappa shape index (κ1) is 11.7. The van der Waals surface area contributed by atoms with Crippen LogP contribution in [0.4, 0.5) is 8.78 Å². The predicted molar refractivity (Wildman–Crippen MR) is 56.2 cm³/mol. The summed E-state index contributed by atoms with van der Waals surface area (Å²) in [7, 11) is 0. The molecule has 0 saturated carbocycles. The zero-order valence-corrected chi connectivity index (χ0v) is 8.56. The number of hydrogen-bond acceptors (Lipinski definition) is 1. The summed E-state index contributed by atoms with van der Waals surface area (Å²) in [6.45, 7) is 2.71. The molecule has 0 aromatic heterocycles. The maximum atomic E-state index is 12.9. The predicted octanol–water partition coefficient (Wildman–Crippen LogP) is 2.64. The average Bonchev–Trinajstić information content (AvgIpc) is 2.17. The molecule has 1 N–H and O–H groups in total. The SMILES string of the molecule is C#CC(NCCC)c1cc(F)cc(F)c1. The van der Waals surface area contributed by atoms with Gasteiger partial charge in [-0.2, -0.15) is 0 Å². The van der Waals surface area contributed by atoms with Crippen molar-refractivity contribution in [3.05, 3.63) is 35.4 Å². The Morgan fingerprint density at radius 3 is 2.40 bits per heavy atom. The van der Waals surface area contributed by atoms with Gasteiger partial charge >= 0.3 is 0 Å². The topological polar surface area (TPSA) is 12.0 Å². The van der Waals surface area contributed by atoms with Gasteiger partial charge in [-0.25, -0.2) is 8.78 Å². The van der Waals surface area contributed by atoms with Gasteiger partial charge in [0, 0.05) is 6.07 Å². The van der Waals surface area contributed by atoms with Crippen LogP contribution in [0, 0.1) is 24.0 Å². The van der Waals surface area contributed by atoms with Crippen molar-refractivity contribution in [1.82, 2.24) is 5.32 Å². The maximum absolute atomic E-state index is 12.9. The van der Waals surface area contributed by atoms with Crippen molar-refractivity contribution in [1.29, 1.82) is 0 Å². The molecule has 15 heavy (non-hydrogen) atoms. The highest BCUT2D eigenvalue weighted by Gasteiger charge is 2.09. The molecule has 1 unspecified atom stereocenters. The molecule has 0 radical (unpaired) electrons. The van der Waals surface area contributed by atoms with Crippen LogP contribution in [0.25, 0.3) is 0 Å². The molecule has 1 nitrogen and oxygen atoms in total. The van der Waals surface area contributed by atoms with Crippen LogP contribution in [-0.4, -0.2) is 6.54 Å². The summed E-state index contributed by atoms with van der Waals surface area (Å²) in [5, 5.41) is 3.02. The maximum Gasteiger partial charge on any atom is 0.126 e. The summed E-state index contributed by atoms with van der Waals surface area (Å²) < 4.78 is 25.8. The molecule has 0 aliphatic rings. The summed E-state index contributed by atoms with van der Waals surface area (Å²) in [6, 6.07) is 2.89. The van der Waals surface area contributed by atoms with Crippen LogP contribution in [0.15, 0.2) is 18.2 Å². The first-order valence-electron chi connectivity index (χ1n) is 4.83. The second-order valence-corrected chi connectivity index (χ2v) is 3.26. The standard InChI is InChI=1S/C12H13F2N/c1-3-5-15-12(4-2)9-6-10(13)8-11(14)7-9/h2,6-8,12,15H,3,5H2,1H3. The molecule has 80 valence electrons. The van der Waals surface area contributed by atoms with E-state index in [-0.39, 0.29) is 0 Å². The number of rotatable bonds is 4. The van der Waals surface area contributed by atoms with Gasteiger partial charge in [0.25, 0.3) is 0 Å². The normalized spacial score (nSPS) is 12.1. The summed E-state index contributed by atoms with van der Waals surface area (Å²) in [5.41, 5.74) is 0.448. The Bertz CT molecular complexity index is 348. The molecular formula is C12H13F2N. The third-order valence-corrected chi connectivity index (χ3v) is 1.98. The van der Waals surface area contributed by atoms with Gasteiger partial charge in [0.05, 0.1) is 6.04 Å². The smallest absolute Gasteiger partial charge is 0.126 e. The molecule has 1 atom stereocenters. The van der Waals surface area contributed by atoms with Crippen molar-refractivity contribution >= 4 is 0 Å². The lowest BCUT2D eigenvalue weighted by atomic mass is 10.1. The fraction of sp³-hybridized carbons (Fsp3) is 0.333. The molecule has 0 amide bonds. The number of nitrogens with one attached hydrogen (secondary N) is 1. The highest BCUT2D eigenvalue weighted by Crippen LogP contribution is 2.15. The van der Waals surface area contributed by atoms with E-state index in [2.05, 4.69) is 11.2 Å². The van der Waals surface area contributed by atoms with Crippen LogP contribution in [-0.2, 0) is 0 Å². The summed E-state index contributed by atoms with van der Waals surface area (Å²) >= 11 is 0. The van der Waals surface area contributed by atoms with Crippen LogP contribution in [0.5, 0.6) is 0 Å². The lowest BCUT2D eigenvalue weighted by Gasteiger charge is -2.12. The molecule has 0 spiro atoms. The van der Waals surface area contributed by atoms with Crippen molar-refractivity contribution in [3.8, 4) is 12.3 Å². The van der Waals surface area contributed by atoms with Crippen molar-refractivity contribution in [3.63, 3.8) is 0 Å². The molecule has 1 aromatic rings. The van der Waals surface area contributed by atoms with E-state index in [1.54, 1.807) is 0 Å². The number of halogens is 2. The molecule has 3 heteroatoms. The highest BCUT2D eigenvalue weighted by molar-refractivity contribution is 5.27. The Balaban J connectivity index is 2.87. The van der Waals surface area contributed by atoms with Crippen molar-refractivity contribution in [2.24, 2.45) is 0 Å². The van der Waals surface area contributed by atoms with E-state index in [4.69, 9.17) is 6.42 Å². The van der Waals surface area contributed by atoms with Gasteiger partial charge in [-0.3, -0.25) is 0 Å². The zero-order valence-electron chi connectivity index (χ0n) is 8.56. The van der Waals surface area contributed by atoms with Crippen molar-refractivity contribution in [2.75, 3.05) is 6.54 Å². The fourth-order valence-corrected chi connectivity index (χ4v) is 1.30. The first-order chi connectivity index (χ1) is 7.17. The van der Waals surface area contributed by atoms with E-state index < -0.39 is 17.7 Å². The Hall–Kier alpha value is -1.40. The van der Waals surface area contributed by atoms with E-state index in [1.807, 2.05) is 6.92 Å². The largest absolute Gasteiger partial charge is 0.300 e. The molecule has 0 aliphatic carbocycles. The summed E-state index contributed by atoms with van der Waals surface area (Å²) in [6.07, 6.45) is 6.20. The quantitative estimate of drug-likeness (QED) is 0.752. The molecule has 0 saturated heterocycles. The lowest BCUT2D eigenvalue weighted by molar-refractivity contribution is 0.567. The van der Waals surface area contributed by atoms with E-state index in [0.29, 0.717) is 12.1 Å². The van der Waals surface area contributed by atoms with Gasteiger partial charge in [-0.05, 0) is 30.7 Å². The van der Waals surface area contributed by atoms with Gasteiger partial charge in [-0.1, -0.05) is 12.8 Å².